The Hall–Kier alpha value is -1.29. The van der Waals surface area contributed by atoms with Gasteiger partial charge in [0.05, 0.1) is 19.4 Å². The summed E-state index contributed by atoms with van der Waals surface area (Å²) in [6, 6.07) is 1.89. The van der Waals surface area contributed by atoms with Gasteiger partial charge >= 0.3 is 5.97 Å². The molecule has 84 valence electrons. The molecule has 1 aromatic rings. The van der Waals surface area contributed by atoms with Gasteiger partial charge in [0.2, 0.25) is 0 Å². The first-order chi connectivity index (χ1) is 7.13. The quantitative estimate of drug-likeness (QED) is 0.780. The third-order valence-corrected chi connectivity index (χ3v) is 2.23. The molecule has 0 aliphatic rings. The number of aryl methyl sites for hydroxylation is 1. The summed E-state index contributed by atoms with van der Waals surface area (Å²) in [7, 11) is 0. The Morgan fingerprint density at radius 2 is 2.33 bits per heavy atom. The van der Waals surface area contributed by atoms with Crippen LogP contribution in [-0.4, -0.2) is 29.1 Å². The molecule has 0 aromatic carbocycles. The fraction of sp³-hybridized carbons (Fsp3) is 0.545. The van der Waals surface area contributed by atoms with Gasteiger partial charge in [0.25, 0.3) is 0 Å². The summed E-state index contributed by atoms with van der Waals surface area (Å²) in [6.45, 7) is 5.40. The minimum absolute atomic E-state index is 0.0635. The van der Waals surface area contributed by atoms with Crippen molar-refractivity contribution in [1.82, 2.24) is 4.90 Å². The van der Waals surface area contributed by atoms with E-state index in [4.69, 9.17) is 9.52 Å². The second-order valence-corrected chi connectivity index (χ2v) is 3.63. The molecule has 1 heterocycles. The summed E-state index contributed by atoms with van der Waals surface area (Å²) in [6.07, 6.45) is 2.57. The van der Waals surface area contributed by atoms with E-state index >= 15 is 0 Å². The van der Waals surface area contributed by atoms with E-state index in [1.807, 2.05) is 24.8 Å². The lowest BCUT2D eigenvalue weighted by Gasteiger charge is -2.18. The zero-order valence-corrected chi connectivity index (χ0v) is 9.19. The van der Waals surface area contributed by atoms with Gasteiger partial charge in [-0.25, -0.2) is 0 Å². The molecule has 1 aromatic heterocycles. The predicted molar refractivity (Wildman–Crippen MR) is 56.6 cm³/mol. The topological polar surface area (TPSA) is 53.7 Å². The lowest BCUT2D eigenvalue weighted by Crippen LogP contribution is -2.30. The monoisotopic (exact) mass is 211 g/mol. The van der Waals surface area contributed by atoms with Crippen LogP contribution in [0.1, 0.15) is 24.7 Å². The summed E-state index contributed by atoms with van der Waals surface area (Å²) in [5, 5.41) is 8.74. The average molecular weight is 211 g/mol. The first kappa shape index (κ1) is 11.8. The van der Waals surface area contributed by atoms with Crippen LogP contribution in [0.5, 0.6) is 0 Å². The normalized spacial score (nSPS) is 10.9. The highest BCUT2D eigenvalue weighted by molar-refractivity contribution is 5.69. The Morgan fingerprint density at radius 3 is 2.80 bits per heavy atom. The van der Waals surface area contributed by atoms with Crippen LogP contribution in [-0.2, 0) is 11.3 Å². The average Bonchev–Trinajstić information content (AvgIpc) is 2.51. The molecule has 0 amide bonds. The Morgan fingerprint density at radius 1 is 1.60 bits per heavy atom. The molecule has 0 unspecified atom stereocenters. The lowest BCUT2D eigenvalue weighted by molar-refractivity contribution is -0.138. The van der Waals surface area contributed by atoms with Crippen LogP contribution in [0.2, 0.25) is 0 Å². The number of furan rings is 1. The van der Waals surface area contributed by atoms with Gasteiger partial charge in [-0.15, -0.1) is 0 Å². The van der Waals surface area contributed by atoms with Crippen molar-refractivity contribution in [3.05, 3.63) is 23.7 Å². The van der Waals surface area contributed by atoms with Crippen molar-refractivity contribution in [2.75, 3.05) is 13.1 Å². The molecular weight excluding hydrogens is 194 g/mol. The van der Waals surface area contributed by atoms with E-state index in [1.165, 1.54) is 0 Å². The summed E-state index contributed by atoms with van der Waals surface area (Å²) < 4.78 is 5.29. The predicted octanol–water partition coefficient (Wildman–Crippen LogP) is 1.88. The van der Waals surface area contributed by atoms with Crippen LogP contribution >= 0.6 is 0 Å². The van der Waals surface area contributed by atoms with Gasteiger partial charge in [0, 0.05) is 0 Å². The minimum Gasteiger partial charge on any atom is -0.480 e. The van der Waals surface area contributed by atoms with Gasteiger partial charge in [0.15, 0.2) is 0 Å². The third-order valence-electron chi connectivity index (χ3n) is 2.23. The molecule has 0 radical (unpaired) electrons. The van der Waals surface area contributed by atoms with Crippen LogP contribution in [0.4, 0.5) is 0 Å². The van der Waals surface area contributed by atoms with E-state index < -0.39 is 5.97 Å². The number of aliphatic carboxylic acids is 1. The number of carboxylic acid groups (broad SMARTS) is 1. The fourth-order valence-electron chi connectivity index (χ4n) is 1.49. The Labute approximate surface area is 89.5 Å². The summed E-state index contributed by atoms with van der Waals surface area (Å²) in [4.78, 5) is 12.5. The Balaban J connectivity index is 2.58. The Bertz CT molecular complexity index is 319. The molecule has 0 aliphatic heterocycles. The molecule has 0 fully saturated rings. The second-order valence-electron chi connectivity index (χ2n) is 3.63. The first-order valence-electron chi connectivity index (χ1n) is 5.10. The number of nitrogens with zero attached hydrogens (tertiary/aromatic N) is 1. The van der Waals surface area contributed by atoms with E-state index in [1.54, 1.807) is 6.26 Å². The van der Waals surface area contributed by atoms with Crippen molar-refractivity contribution in [3.63, 3.8) is 0 Å². The van der Waals surface area contributed by atoms with Gasteiger partial charge in [-0.05, 0) is 31.5 Å². The minimum atomic E-state index is -0.798. The molecule has 15 heavy (non-hydrogen) atoms. The second kappa shape index (κ2) is 5.56. The highest BCUT2D eigenvalue weighted by Gasteiger charge is 2.12. The number of carbonyl (C=O) groups is 1. The maximum absolute atomic E-state index is 10.6. The van der Waals surface area contributed by atoms with E-state index in [9.17, 15) is 4.79 Å². The number of hydrogen-bond acceptors (Lipinski definition) is 3. The van der Waals surface area contributed by atoms with Crippen molar-refractivity contribution in [2.45, 2.75) is 26.8 Å². The molecule has 1 N–H and O–H groups in total. The van der Waals surface area contributed by atoms with Crippen molar-refractivity contribution >= 4 is 5.97 Å². The van der Waals surface area contributed by atoms with Crippen molar-refractivity contribution in [1.29, 1.82) is 0 Å². The zero-order valence-electron chi connectivity index (χ0n) is 9.19. The van der Waals surface area contributed by atoms with Crippen LogP contribution in [0, 0.1) is 6.92 Å². The summed E-state index contributed by atoms with van der Waals surface area (Å²) >= 11 is 0. The van der Waals surface area contributed by atoms with Gasteiger partial charge in [-0.2, -0.15) is 0 Å². The highest BCUT2D eigenvalue weighted by atomic mass is 16.4. The Kier molecular flexibility index (Phi) is 4.37. The van der Waals surface area contributed by atoms with Crippen LogP contribution in [0.15, 0.2) is 16.7 Å². The van der Waals surface area contributed by atoms with Crippen molar-refractivity contribution in [2.24, 2.45) is 0 Å². The molecular formula is C11H17NO3. The van der Waals surface area contributed by atoms with E-state index in [0.29, 0.717) is 6.54 Å². The number of hydrogen-bond donors (Lipinski definition) is 1. The van der Waals surface area contributed by atoms with E-state index in [-0.39, 0.29) is 6.54 Å². The van der Waals surface area contributed by atoms with Gasteiger partial charge in [-0.3, -0.25) is 9.69 Å². The van der Waals surface area contributed by atoms with Gasteiger partial charge in [-0.1, -0.05) is 6.92 Å². The molecule has 0 spiro atoms. The molecule has 0 bridgehead atoms. The fourth-order valence-corrected chi connectivity index (χ4v) is 1.49. The summed E-state index contributed by atoms with van der Waals surface area (Å²) in [5.74, 6) is 0.0531. The smallest absolute Gasteiger partial charge is 0.317 e. The molecule has 0 atom stereocenters. The summed E-state index contributed by atoms with van der Waals surface area (Å²) in [5.41, 5.74) is 1.07. The molecule has 0 saturated carbocycles. The molecule has 4 heteroatoms. The van der Waals surface area contributed by atoms with Crippen molar-refractivity contribution in [3.8, 4) is 0 Å². The maximum Gasteiger partial charge on any atom is 0.317 e. The van der Waals surface area contributed by atoms with Crippen molar-refractivity contribution < 1.29 is 14.3 Å². The largest absolute Gasteiger partial charge is 0.480 e. The molecule has 1 rings (SSSR count). The molecule has 0 aliphatic carbocycles. The lowest BCUT2D eigenvalue weighted by atomic mass is 10.2. The van der Waals surface area contributed by atoms with Crippen LogP contribution in [0.25, 0.3) is 0 Å². The first-order valence-corrected chi connectivity index (χ1v) is 5.10. The van der Waals surface area contributed by atoms with Gasteiger partial charge in [0.1, 0.15) is 5.76 Å². The van der Waals surface area contributed by atoms with E-state index in [0.717, 1.165) is 24.3 Å². The highest BCUT2D eigenvalue weighted by Crippen LogP contribution is 2.11. The molecule has 4 nitrogen and oxygen atoms in total. The maximum atomic E-state index is 10.6. The third kappa shape index (κ3) is 3.75. The van der Waals surface area contributed by atoms with Crippen LogP contribution in [0.3, 0.4) is 0 Å². The zero-order chi connectivity index (χ0) is 11.3. The number of rotatable bonds is 6. The van der Waals surface area contributed by atoms with E-state index in [2.05, 4.69) is 0 Å². The molecule has 0 saturated heterocycles. The standard InChI is InChI=1S/C11H17NO3/c1-3-5-12(8-11(13)14)7-10-9(2)4-6-15-10/h4,6H,3,5,7-8H2,1-2H3,(H,13,14). The number of carboxylic acids is 1. The van der Waals surface area contributed by atoms with Crippen LogP contribution < -0.4 is 0 Å². The SMILES string of the molecule is CCCN(CC(=O)O)Cc1occc1C. The van der Waals surface area contributed by atoms with Gasteiger partial charge < -0.3 is 9.52 Å².